The van der Waals surface area contributed by atoms with Crippen LogP contribution in [0.25, 0.3) is 11.2 Å². The Bertz CT molecular complexity index is 798. The van der Waals surface area contributed by atoms with Gasteiger partial charge in [-0.1, -0.05) is 30.3 Å². The van der Waals surface area contributed by atoms with Crippen molar-refractivity contribution >= 4 is 17.1 Å². The number of anilines is 1. The first-order chi connectivity index (χ1) is 10.3. The fourth-order valence-corrected chi connectivity index (χ4v) is 2.91. The first-order valence-corrected chi connectivity index (χ1v) is 6.87. The van der Waals surface area contributed by atoms with E-state index in [1.54, 1.807) is 7.11 Å². The van der Waals surface area contributed by atoms with E-state index in [0.29, 0.717) is 29.3 Å². The second kappa shape index (κ2) is 4.44. The molecule has 0 amide bonds. The maximum atomic E-state index is 6.09. The third kappa shape index (κ3) is 1.83. The highest BCUT2D eigenvalue weighted by molar-refractivity contribution is 5.79. The molecule has 3 aromatic rings. The molecule has 1 saturated carbocycles. The summed E-state index contributed by atoms with van der Waals surface area (Å²) >= 11 is 0. The quantitative estimate of drug-likeness (QED) is 0.795. The minimum absolute atomic E-state index is 0.303. The van der Waals surface area contributed by atoms with Crippen LogP contribution in [0.1, 0.15) is 23.9 Å². The minimum Gasteiger partial charge on any atom is -0.479 e. The summed E-state index contributed by atoms with van der Waals surface area (Å²) in [5.41, 5.74) is 8.77. The van der Waals surface area contributed by atoms with Crippen molar-refractivity contribution in [3.63, 3.8) is 0 Å². The molecule has 2 heterocycles. The van der Waals surface area contributed by atoms with Crippen molar-refractivity contribution in [2.45, 2.75) is 18.4 Å². The Labute approximate surface area is 121 Å². The first-order valence-electron chi connectivity index (χ1n) is 6.87. The molecule has 21 heavy (non-hydrogen) atoms. The van der Waals surface area contributed by atoms with E-state index in [1.165, 1.54) is 11.9 Å². The number of ether oxygens (including phenoxy) is 1. The van der Waals surface area contributed by atoms with Crippen molar-refractivity contribution in [1.82, 2.24) is 19.5 Å². The monoisotopic (exact) mass is 281 g/mol. The van der Waals surface area contributed by atoms with Gasteiger partial charge in [0.1, 0.15) is 6.33 Å². The van der Waals surface area contributed by atoms with Gasteiger partial charge in [-0.25, -0.2) is 9.97 Å². The number of nitrogens with two attached hydrogens (primary N) is 1. The maximum Gasteiger partial charge on any atom is 0.245 e. The molecule has 2 atom stereocenters. The van der Waals surface area contributed by atoms with Crippen molar-refractivity contribution in [3.8, 4) is 5.88 Å². The summed E-state index contributed by atoms with van der Waals surface area (Å²) in [5.74, 6) is 1.39. The summed E-state index contributed by atoms with van der Waals surface area (Å²) in [6, 6.07) is 10.7. The third-order valence-corrected chi connectivity index (χ3v) is 3.98. The zero-order valence-corrected chi connectivity index (χ0v) is 11.6. The van der Waals surface area contributed by atoms with Crippen molar-refractivity contribution in [2.24, 2.45) is 0 Å². The van der Waals surface area contributed by atoms with Gasteiger partial charge in [0.15, 0.2) is 11.2 Å². The first kappa shape index (κ1) is 12.1. The summed E-state index contributed by atoms with van der Waals surface area (Å²) in [4.78, 5) is 12.8. The van der Waals surface area contributed by atoms with Crippen LogP contribution in [0.4, 0.5) is 5.95 Å². The molecule has 1 fully saturated rings. The minimum atomic E-state index is 0.303. The van der Waals surface area contributed by atoms with Crippen LogP contribution in [0.2, 0.25) is 0 Å². The molecule has 1 aliphatic carbocycles. The fourth-order valence-electron chi connectivity index (χ4n) is 2.91. The Kier molecular flexibility index (Phi) is 2.57. The molecule has 6 nitrogen and oxygen atoms in total. The second-order valence-electron chi connectivity index (χ2n) is 5.22. The maximum absolute atomic E-state index is 6.09. The highest BCUT2D eigenvalue weighted by atomic mass is 16.5. The second-order valence-corrected chi connectivity index (χ2v) is 5.22. The van der Waals surface area contributed by atoms with E-state index in [-0.39, 0.29) is 0 Å². The molecule has 106 valence electrons. The molecule has 1 aliphatic rings. The molecule has 1 aromatic carbocycles. The lowest BCUT2D eigenvalue weighted by Crippen LogP contribution is -2.03. The van der Waals surface area contributed by atoms with Crippen LogP contribution in [-0.2, 0) is 0 Å². The number of benzene rings is 1. The highest BCUT2D eigenvalue weighted by Crippen LogP contribution is 2.53. The van der Waals surface area contributed by atoms with Gasteiger partial charge in [-0.05, 0) is 12.0 Å². The van der Waals surface area contributed by atoms with E-state index in [1.807, 2.05) is 10.6 Å². The Morgan fingerprint density at radius 2 is 2.05 bits per heavy atom. The van der Waals surface area contributed by atoms with Crippen molar-refractivity contribution in [1.29, 1.82) is 0 Å². The van der Waals surface area contributed by atoms with E-state index in [4.69, 9.17) is 10.5 Å². The molecule has 2 aromatic heterocycles. The average Bonchev–Trinajstić information content (AvgIpc) is 3.23. The Morgan fingerprint density at radius 1 is 1.24 bits per heavy atom. The lowest BCUT2D eigenvalue weighted by atomic mass is 10.1. The number of rotatable bonds is 3. The standard InChI is InChI=1S/C15H15N5O/c1-21-14-12-13(17-8-18-14)20(15(16)19-12)11-7-10(11)9-5-3-2-4-6-9/h2-6,8,10-11H,7H2,1H3,(H2,16,19). The largest absolute Gasteiger partial charge is 0.479 e. The number of hydrogen-bond donors (Lipinski definition) is 1. The van der Waals surface area contributed by atoms with Gasteiger partial charge in [0, 0.05) is 12.0 Å². The normalized spacial score (nSPS) is 20.6. The summed E-state index contributed by atoms with van der Waals surface area (Å²) in [6.07, 6.45) is 2.53. The summed E-state index contributed by atoms with van der Waals surface area (Å²) < 4.78 is 7.22. The number of methoxy groups -OCH3 is 1. The number of fused-ring (bicyclic) bond motifs is 1. The molecule has 0 bridgehead atoms. The summed E-state index contributed by atoms with van der Waals surface area (Å²) in [7, 11) is 1.57. The molecule has 2 N–H and O–H groups in total. The Hall–Kier alpha value is -2.63. The van der Waals surface area contributed by atoms with Gasteiger partial charge in [-0.15, -0.1) is 0 Å². The fraction of sp³-hybridized carbons (Fsp3) is 0.267. The molecule has 2 unspecified atom stereocenters. The SMILES string of the molecule is COc1ncnc2c1nc(N)n2C1CC1c1ccccc1. The van der Waals surface area contributed by atoms with Gasteiger partial charge >= 0.3 is 0 Å². The van der Waals surface area contributed by atoms with Crippen LogP contribution in [0.15, 0.2) is 36.7 Å². The number of nitrogen functional groups attached to an aromatic ring is 1. The van der Waals surface area contributed by atoms with Crippen LogP contribution < -0.4 is 10.5 Å². The molecule has 0 saturated heterocycles. The molecule has 0 aliphatic heterocycles. The van der Waals surface area contributed by atoms with E-state index >= 15 is 0 Å². The van der Waals surface area contributed by atoms with Crippen molar-refractivity contribution in [2.75, 3.05) is 12.8 Å². The lowest BCUT2D eigenvalue weighted by Gasteiger charge is -2.05. The molecule has 0 spiro atoms. The average molecular weight is 281 g/mol. The molecule has 6 heteroatoms. The van der Waals surface area contributed by atoms with Gasteiger partial charge in [-0.2, -0.15) is 4.98 Å². The molecule has 4 rings (SSSR count). The number of nitrogens with zero attached hydrogens (tertiary/aromatic N) is 4. The Balaban J connectivity index is 1.77. The van der Waals surface area contributed by atoms with E-state index < -0.39 is 0 Å². The molecular formula is C15H15N5O. The lowest BCUT2D eigenvalue weighted by molar-refractivity contribution is 0.401. The molecular weight excluding hydrogens is 266 g/mol. The topological polar surface area (TPSA) is 78.8 Å². The Morgan fingerprint density at radius 3 is 2.81 bits per heavy atom. The van der Waals surface area contributed by atoms with E-state index in [0.717, 1.165) is 12.1 Å². The summed E-state index contributed by atoms with van der Waals surface area (Å²) in [6.45, 7) is 0. The van der Waals surface area contributed by atoms with Crippen LogP contribution in [0.3, 0.4) is 0 Å². The number of aromatic nitrogens is 4. The van der Waals surface area contributed by atoms with Gasteiger partial charge in [0.2, 0.25) is 11.8 Å². The van der Waals surface area contributed by atoms with Gasteiger partial charge in [-0.3, -0.25) is 4.57 Å². The van der Waals surface area contributed by atoms with E-state index in [2.05, 4.69) is 39.2 Å². The summed E-state index contributed by atoms with van der Waals surface area (Å²) in [5, 5.41) is 0. The predicted octanol–water partition coefficient (Wildman–Crippen LogP) is 2.15. The van der Waals surface area contributed by atoms with Gasteiger partial charge in [0.05, 0.1) is 7.11 Å². The highest BCUT2D eigenvalue weighted by Gasteiger charge is 2.42. The number of imidazole rings is 1. The van der Waals surface area contributed by atoms with E-state index in [9.17, 15) is 0 Å². The smallest absolute Gasteiger partial charge is 0.245 e. The zero-order valence-electron chi connectivity index (χ0n) is 11.6. The van der Waals surface area contributed by atoms with Crippen LogP contribution in [-0.4, -0.2) is 26.6 Å². The van der Waals surface area contributed by atoms with Crippen LogP contribution in [0.5, 0.6) is 5.88 Å². The van der Waals surface area contributed by atoms with Crippen molar-refractivity contribution in [3.05, 3.63) is 42.2 Å². The zero-order chi connectivity index (χ0) is 14.4. The van der Waals surface area contributed by atoms with Gasteiger partial charge < -0.3 is 10.5 Å². The van der Waals surface area contributed by atoms with Crippen LogP contribution in [0, 0.1) is 0 Å². The van der Waals surface area contributed by atoms with Crippen LogP contribution >= 0.6 is 0 Å². The number of hydrogen-bond acceptors (Lipinski definition) is 5. The molecule has 0 radical (unpaired) electrons. The van der Waals surface area contributed by atoms with Gasteiger partial charge in [0.25, 0.3) is 0 Å². The predicted molar refractivity (Wildman–Crippen MR) is 79.1 cm³/mol. The van der Waals surface area contributed by atoms with Crippen molar-refractivity contribution < 1.29 is 4.74 Å². The third-order valence-electron chi connectivity index (χ3n) is 3.98.